The van der Waals surface area contributed by atoms with E-state index < -0.39 is 11.7 Å². The molecule has 1 heterocycles. The average molecular weight is 432 g/mol. The van der Waals surface area contributed by atoms with Crippen LogP contribution >= 0.6 is 0 Å². The van der Waals surface area contributed by atoms with Gasteiger partial charge in [-0.2, -0.15) is 0 Å². The van der Waals surface area contributed by atoms with E-state index in [2.05, 4.69) is 10.6 Å². The molecule has 0 saturated carbocycles. The number of carbonyl (C=O) groups is 2. The lowest BCUT2D eigenvalue weighted by Gasteiger charge is -2.08. The van der Waals surface area contributed by atoms with Gasteiger partial charge in [0.2, 0.25) is 11.7 Å². The summed E-state index contributed by atoms with van der Waals surface area (Å²) in [5.74, 6) is -0.553. The van der Waals surface area contributed by atoms with E-state index >= 15 is 0 Å². The molecule has 0 fully saturated rings. The van der Waals surface area contributed by atoms with Crippen LogP contribution in [0.3, 0.4) is 0 Å². The van der Waals surface area contributed by atoms with Crippen molar-refractivity contribution in [2.24, 2.45) is 0 Å². The molecule has 0 spiro atoms. The predicted octanol–water partition coefficient (Wildman–Crippen LogP) is 5.40. The molecular weight excluding hydrogens is 411 g/mol. The Morgan fingerprint density at radius 3 is 2.38 bits per heavy atom. The second-order valence-corrected chi connectivity index (χ2v) is 7.07. The second-order valence-electron chi connectivity index (χ2n) is 7.07. The first-order chi connectivity index (χ1) is 15.5. The van der Waals surface area contributed by atoms with E-state index in [9.17, 15) is 14.0 Å². The lowest BCUT2D eigenvalue weighted by atomic mass is 10.1. The molecule has 4 rings (SSSR count). The summed E-state index contributed by atoms with van der Waals surface area (Å²) in [7, 11) is 0. The Bertz CT molecular complexity index is 1250. The van der Waals surface area contributed by atoms with Crippen molar-refractivity contribution >= 4 is 34.2 Å². The topological polar surface area (TPSA) is 80.6 Å². The van der Waals surface area contributed by atoms with Gasteiger partial charge in [0.25, 0.3) is 5.91 Å². The third kappa shape index (κ3) is 4.78. The largest absolute Gasteiger partial charge is 0.494 e. The molecule has 0 atom stereocenters. The number of hydrogen-bond acceptors (Lipinski definition) is 4. The fourth-order valence-corrected chi connectivity index (χ4v) is 3.29. The van der Waals surface area contributed by atoms with E-state index in [1.165, 1.54) is 24.3 Å². The van der Waals surface area contributed by atoms with Gasteiger partial charge in [-0.1, -0.05) is 24.3 Å². The van der Waals surface area contributed by atoms with E-state index in [0.29, 0.717) is 23.3 Å². The maximum atomic E-state index is 13.1. The average Bonchev–Trinajstić information content (AvgIpc) is 3.15. The van der Waals surface area contributed by atoms with Crippen LogP contribution in [0.25, 0.3) is 11.0 Å². The number of carbonyl (C=O) groups excluding carboxylic acids is 2. The van der Waals surface area contributed by atoms with Crippen molar-refractivity contribution in [1.82, 2.24) is 0 Å². The molecule has 0 bridgehead atoms. The van der Waals surface area contributed by atoms with E-state index in [1.807, 2.05) is 19.1 Å². The molecule has 0 aliphatic carbocycles. The standard InChI is InChI=1S/C25H21FN2O4/c1-2-31-19-13-7-16(8-14-19)15-22(29)28-23-20-5-3-4-6-21(20)32-24(23)25(30)27-18-11-9-17(26)10-12-18/h3-14H,2,15H2,1H3,(H,27,30)(H,28,29). The van der Waals surface area contributed by atoms with Crippen LogP contribution in [-0.2, 0) is 11.2 Å². The van der Waals surface area contributed by atoms with E-state index in [-0.39, 0.29) is 23.8 Å². The SMILES string of the molecule is CCOc1ccc(CC(=O)Nc2c(C(=O)Nc3ccc(F)cc3)oc3ccccc23)cc1. The molecule has 162 valence electrons. The fourth-order valence-electron chi connectivity index (χ4n) is 3.29. The zero-order chi connectivity index (χ0) is 22.5. The number of fused-ring (bicyclic) bond motifs is 1. The van der Waals surface area contributed by atoms with Crippen LogP contribution in [0.5, 0.6) is 5.75 Å². The molecule has 6 nitrogen and oxygen atoms in total. The molecule has 1 aromatic heterocycles. The molecular formula is C25H21FN2O4. The van der Waals surface area contributed by atoms with Crippen LogP contribution in [0.2, 0.25) is 0 Å². The summed E-state index contributed by atoms with van der Waals surface area (Å²) in [6.07, 6.45) is 0.116. The lowest BCUT2D eigenvalue weighted by molar-refractivity contribution is -0.115. The number of benzene rings is 3. The van der Waals surface area contributed by atoms with Crippen molar-refractivity contribution in [2.75, 3.05) is 17.2 Å². The molecule has 2 N–H and O–H groups in total. The van der Waals surface area contributed by atoms with Crippen LogP contribution in [0.4, 0.5) is 15.8 Å². The van der Waals surface area contributed by atoms with Gasteiger partial charge >= 0.3 is 0 Å². The Morgan fingerprint density at radius 1 is 0.938 bits per heavy atom. The summed E-state index contributed by atoms with van der Waals surface area (Å²) in [6.45, 7) is 2.47. The normalized spacial score (nSPS) is 10.7. The van der Waals surface area contributed by atoms with Gasteiger partial charge in [0, 0.05) is 11.1 Å². The van der Waals surface area contributed by atoms with Gasteiger partial charge in [0.1, 0.15) is 22.8 Å². The zero-order valence-corrected chi connectivity index (χ0v) is 17.4. The molecule has 0 aliphatic rings. The summed E-state index contributed by atoms with van der Waals surface area (Å²) >= 11 is 0. The molecule has 32 heavy (non-hydrogen) atoms. The van der Waals surface area contributed by atoms with Crippen molar-refractivity contribution in [1.29, 1.82) is 0 Å². The highest BCUT2D eigenvalue weighted by Gasteiger charge is 2.22. The number of amides is 2. The van der Waals surface area contributed by atoms with Gasteiger partial charge in [-0.15, -0.1) is 0 Å². The molecule has 7 heteroatoms. The number of anilines is 2. The monoisotopic (exact) mass is 432 g/mol. The van der Waals surface area contributed by atoms with Crippen LogP contribution in [-0.4, -0.2) is 18.4 Å². The summed E-state index contributed by atoms with van der Waals surface area (Å²) in [5.41, 5.74) is 1.96. The zero-order valence-electron chi connectivity index (χ0n) is 17.4. The quantitative estimate of drug-likeness (QED) is 0.410. The van der Waals surface area contributed by atoms with Gasteiger partial charge < -0.3 is 19.8 Å². The third-order valence-corrected chi connectivity index (χ3v) is 4.77. The first-order valence-electron chi connectivity index (χ1n) is 10.1. The van der Waals surface area contributed by atoms with Gasteiger partial charge in [-0.25, -0.2) is 4.39 Å². The number of halogens is 1. The first kappa shape index (κ1) is 21.1. The first-order valence-corrected chi connectivity index (χ1v) is 10.1. The van der Waals surface area contributed by atoms with Crippen LogP contribution in [0.1, 0.15) is 23.0 Å². The van der Waals surface area contributed by atoms with Gasteiger partial charge in [0.05, 0.1) is 13.0 Å². The van der Waals surface area contributed by atoms with Crippen LogP contribution in [0.15, 0.2) is 77.2 Å². The second kappa shape index (κ2) is 9.34. The minimum atomic E-state index is -0.552. The van der Waals surface area contributed by atoms with E-state index in [1.54, 1.807) is 36.4 Å². The number of hydrogen-bond donors (Lipinski definition) is 2. The highest BCUT2D eigenvalue weighted by atomic mass is 19.1. The molecule has 0 unspecified atom stereocenters. The molecule has 3 aromatic carbocycles. The number of nitrogens with one attached hydrogen (secondary N) is 2. The Hall–Kier alpha value is -4.13. The Morgan fingerprint density at radius 2 is 1.66 bits per heavy atom. The van der Waals surface area contributed by atoms with E-state index in [4.69, 9.17) is 9.15 Å². The van der Waals surface area contributed by atoms with E-state index in [0.717, 1.165) is 11.3 Å². The lowest BCUT2D eigenvalue weighted by Crippen LogP contribution is -2.18. The highest BCUT2D eigenvalue weighted by Crippen LogP contribution is 2.31. The molecule has 4 aromatic rings. The third-order valence-electron chi connectivity index (χ3n) is 4.77. The number of furan rings is 1. The summed E-state index contributed by atoms with van der Waals surface area (Å²) in [4.78, 5) is 25.6. The van der Waals surface area contributed by atoms with Crippen molar-refractivity contribution in [2.45, 2.75) is 13.3 Å². The van der Waals surface area contributed by atoms with Crippen LogP contribution in [0, 0.1) is 5.82 Å². The minimum absolute atomic E-state index is 0.0319. The number of para-hydroxylation sites is 1. The molecule has 0 saturated heterocycles. The summed E-state index contributed by atoms with van der Waals surface area (Å²) < 4.78 is 24.3. The van der Waals surface area contributed by atoms with Gasteiger partial charge in [-0.3, -0.25) is 9.59 Å². The van der Waals surface area contributed by atoms with Crippen molar-refractivity contribution < 1.29 is 23.1 Å². The Balaban J connectivity index is 1.56. The van der Waals surface area contributed by atoms with Crippen molar-refractivity contribution in [3.05, 3.63) is 89.9 Å². The summed E-state index contributed by atoms with van der Waals surface area (Å²) in [6, 6.07) is 19.7. The van der Waals surface area contributed by atoms with Gasteiger partial charge in [-0.05, 0) is 61.0 Å². The minimum Gasteiger partial charge on any atom is -0.494 e. The predicted molar refractivity (Wildman–Crippen MR) is 121 cm³/mol. The van der Waals surface area contributed by atoms with Gasteiger partial charge in [0.15, 0.2) is 0 Å². The van der Waals surface area contributed by atoms with Crippen molar-refractivity contribution in [3.63, 3.8) is 0 Å². The number of ether oxygens (including phenoxy) is 1. The Labute approximate surface area is 184 Å². The summed E-state index contributed by atoms with van der Waals surface area (Å²) in [5, 5.41) is 6.08. The smallest absolute Gasteiger partial charge is 0.293 e. The molecule has 0 aliphatic heterocycles. The molecule has 0 radical (unpaired) electrons. The number of rotatable bonds is 7. The van der Waals surface area contributed by atoms with Crippen LogP contribution < -0.4 is 15.4 Å². The fraction of sp³-hybridized carbons (Fsp3) is 0.120. The maximum Gasteiger partial charge on any atom is 0.293 e. The van der Waals surface area contributed by atoms with Crippen molar-refractivity contribution in [3.8, 4) is 5.75 Å². The highest BCUT2D eigenvalue weighted by molar-refractivity contribution is 6.14. The maximum absolute atomic E-state index is 13.1. The molecule has 2 amide bonds. The Kier molecular flexibility index (Phi) is 6.17.